The number of benzene rings is 3. The molecule has 0 aliphatic carbocycles. The van der Waals surface area contributed by atoms with E-state index in [9.17, 15) is 18.0 Å². The highest BCUT2D eigenvalue weighted by molar-refractivity contribution is 8.00. The highest BCUT2D eigenvalue weighted by Crippen LogP contribution is 2.39. The Morgan fingerprint density at radius 2 is 1.65 bits per heavy atom. The number of thioether (sulfide) groups is 1. The summed E-state index contributed by atoms with van der Waals surface area (Å²) in [5, 5.41) is 10.9. The molecule has 4 aromatic rings. The van der Waals surface area contributed by atoms with E-state index in [1.165, 1.54) is 23.9 Å². The lowest BCUT2D eigenvalue weighted by atomic mass is 10.0. The van der Waals surface area contributed by atoms with Crippen molar-refractivity contribution in [3.63, 3.8) is 0 Å². The van der Waals surface area contributed by atoms with E-state index in [4.69, 9.17) is 0 Å². The minimum Gasteiger partial charge on any atom is -0.325 e. The number of rotatable bonds is 4. The third-order valence-electron chi connectivity index (χ3n) is 5.34. The standard InChI is InChI=1S/C24H18F3N5OS/c25-24(26,27)17-12-7-13-18(14-17)28-22(33)20-19(15-8-3-1-4-9-15)31-32-21(29-30-23(32)34-20)16-10-5-2-6-11-16/h1-14,19-20,31H,(H,28,33)/t19-,20+/m1/s1. The SMILES string of the molecule is O=C(Nc1cccc(C(F)(F)F)c1)[C@H]1Sc2nnc(-c3ccccc3)n2N[C@@H]1c1ccccc1. The summed E-state index contributed by atoms with van der Waals surface area (Å²) in [6.45, 7) is 0. The van der Waals surface area contributed by atoms with Gasteiger partial charge < -0.3 is 10.7 Å². The van der Waals surface area contributed by atoms with Gasteiger partial charge in [-0.2, -0.15) is 13.2 Å². The number of fused-ring (bicyclic) bond motifs is 1. The van der Waals surface area contributed by atoms with Gasteiger partial charge in [0.15, 0.2) is 5.82 Å². The molecule has 0 unspecified atom stereocenters. The Morgan fingerprint density at radius 3 is 2.35 bits per heavy atom. The Kier molecular flexibility index (Phi) is 5.74. The van der Waals surface area contributed by atoms with Crippen molar-refractivity contribution in [1.29, 1.82) is 0 Å². The van der Waals surface area contributed by atoms with E-state index >= 15 is 0 Å². The van der Waals surface area contributed by atoms with Gasteiger partial charge in [-0.1, -0.05) is 78.5 Å². The Bertz CT molecular complexity index is 1310. The minimum atomic E-state index is -4.50. The number of aromatic nitrogens is 3. The summed E-state index contributed by atoms with van der Waals surface area (Å²) in [4.78, 5) is 13.3. The summed E-state index contributed by atoms with van der Waals surface area (Å²) in [6.07, 6.45) is -4.50. The van der Waals surface area contributed by atoms with Crippen LogP contribution in [0.3, 0.4) is 0 Å². The first-order chi connectivity index (χ1) is 16.4. The lowest BCUT2D eigenvalue weighted by Gasteiger charge is -2.33. The second-order valence-corrected chi connectivity index (χ2v) is 8.74. The van der Waals surface area contributed by atoms with Gasteiger partial charge in [0.1, 0.15) is 5.25 Å². The first-order valence-corrected chi connectivity index (χ1v) is 11.3. The molecule has 2 N–H and O–H groups in total. The summed E-state index contributed by atoms with van der Waals surface area (Å²) in [6, 6.07) is 23.0. The largest absolute Gasteiger partial charge is 0.416 e. The number of nitrogens with zero attached hydrogens (tertiary/aromatic N) is 3. The molecule has 1 aliphatic rings. The quantitative estimate of drug-likeness (QED) is 0.411. The van der Waals surface area contributed by atoms with Crippen LogP contribution < -0.4 is 10.7 Å². The zero-order chi connectivity index (χ0) is 23.7. The zero-order valence-electron chi connectivity index (χ0n) is 17.5. The van der Waals surface area contributed by atoms with Gasteiger partial charge in [-0.05, 0) is 23.8 Å². The third kappa shape index (κ3) is 4.36. The zero-order valence-corrected chi connectivity index (χ0v) is 18.3. The van der Waals surface area contributed by atoms with Crippen LogP contribution in [0.5, 0.6) is 0 Å². The van der Waals surface area contributed by atoms with Crippen LogP contribution in [0.15, 0.2) is 90.1 Å². The van der Waals surface area contributed by atoms with Gasteiger partial charge in [0, 0.05) is 11.3 Å². The van der Waals surface area contributed by atoms with E-state index in [1.807, 2.05) is 60.7 Å². The molecule has 3 aromatic carbocycles. The monoisotopic (exact) mass is 481 g/mol. The van der Waals surface area contributed by atoms with Crippen molar-refractivity contribution in [3.8, 4) is 11.4 Å². The number of alkyl halides is 3. The lowest BCUT2D eigenvalue weighted by Crippen LogP contribution is -2.41. The molecule has 0 radical (unpaired) electrons. The molecule has 2 heterocycles. The highest BCUT2D eigenvalue weighted by atomic mass is 32.2. The normalized spacial score (nSPS) is 17.5. The molecule has 0 fully saturated rings. The molecule has 10 heteroatoms. The maximum atomic E-state index is 13.3. The van der Waals surface area contributed by atoms with Gasteiger partial charge in [0.25, 0.3) is 0 Å². The Morgan fingerprint density at radius 1 is 0.941 bits per heavy atom. The van der Waals surface area contributed by atoms with Crippen LogP contribution in [0, 0.1) is 0 Å². The number of anilines is 1. The van der Waals surface area contributed by atoms with Crippen LogP contribution in [-0.2, 0) is 11.0 Å². The molecular formula is C24H18F3N5OS. The van der Waals surface area contributed by atoms with Gasteiger partial charge in [-0.25, -0.2) is 4.68 Å². The fraction of sp³-hybridized carbons (Fsp3) is 0.125. The predicted molar refractivity (Wildman–Crippen MR) is 124 cm³/mol. The second-order valence-electron chi connectivity index (χ2n) is 7.63. The molecule has 34 heavy (non-hydrogen) atoms. The fourth-order valence-corrected chi connectivity index (χ4v) is 4.81. The minimum absolute atomic E-state index is 0.0734. The van der Waals surface area contributed by atoms with Crippen molar-refractivity contribution >= 4 is 23.4 Å². The van der Waals surface area contributed by atoms with Crippen molar-refractivity contribution in [2.75, 3.05) is 10.7 Å². The van der Waals surface area contributed by atoms with Gasteiger partial charge in [0.2, 0.25) is 11.1 Å². The van der Waals surface area contributed by atoms with Gasteiger partial charge in [-0.3, -0.25) is 4.79 Å². The summed E-state index contributed by atoms with van der Waals surface area (Å²) >= 11 is 1.21. The van der Waals surface area contributed by atoms with Crippen LogP contribution in [0.25, 0.3) is 11.4 Å². The predicted octanol–water partition coefficient (Wildman–Crippen LogP) is 5.36. The number of carbonyl (C=O) groups excluding carboxylic acids is 1. The highest BCUT2D eigenvalue weighted by Gasteiger charge is 2.38. The lowest BCUT2D eigenvalue weighted by molar-refractivity contribution is -0.137. The summed E-state index contributed by atoms with van der Waals surface area (Å²) < 4.78 is 41.1. The molecule has 0 saturated carbocycles. The molecule has 172 valence electrons. The van der Waals surface area contributed by atoms with Crippen LogP contribution >= 0.6 is 11.8 Å². The molecule has 0 bridgehead atoms. The van der Waals surface area contributed by atoms with Crippen LogP contribution in [-0.4, -0.2) is 26.0 Å². The van der Waals surface area contributed by atoms with Crippen molar-refractivity contribution in [2.24, 2.45) is 0 Å². The second kappa shape index (κ2) is 8.86. The van der Waals surface area contributed by atoms with Crippen LogP contribution in [0.1, 0.15) is 17.2 Å². The fourth-order valence-electron chi connectivity index (χ4n) is 3.73. The van der Waals surface area contributed by atoms with Crippen molar-refractivity contribution < 1.29 is 18.0 Å². The molecule has 1 aliphatic heterocycles. The van der Waals surface area contributed by atoms with E-state index in [2.05, 4.69) is 20.9 Å². The van der Waals surface area contributed by atoms with E-state index in [0.717, 1.165) is 23.3 Å². The number of hydrogen-bond donors (Lipinski definition) is 2. The molecule has 0 saturated heterocycles. The average Bonchev–Trinajstić information content (AvgIpc) is 3.27. The molecule has 5 rings (SSSR count). The Labute approximate surface area is 197 Å². The van der Waals surface area contributed by atoms with Crippen LogP contribution in [0.4, 0.5) is 18.9 Å². The molecule has 1 aromatic heterocycles. The molecule has 0 spiro atoms. The number of amides is 1. The number of carbonyl (C=O) groups is 1. The number of hydrogen-bond acceptors (Lipinski definition) is 5. The van der Waals surface area contributed by atoms with E-state index in [-0.39, 0.29) is 5.69 Å². The van der Waals surface area contributed by atoms with Crippen molar-refractivity contribution in [3.05, 3.63) is 96.1 Å². The van der Waals surface area contributed by atoms with Crippen molar-refractivity contribution in [2.45, 2.75) is 22.6 Å². The molecule has 1 amide bonds. The van der Waals surface area contributed by atoms with E-state index in [1.54, 1.807) is 4.68 Å². The summed E-state index contributed by atoms with van der Waals surface area (Å²) in [7, 11) is 0. The van der Waals surface area contributed by atoms with E-state index < -0.39 is 28.9 Å². The average molecular weight is 482 g/mol. The van der Waals surface area contributed by atoms with Crippen LogP contribution in [0.2, 0.25) is 0 Å². The molecular weight excluding hydrogens is 463 g/mol. The Hall–Kier alpha value is -3.79. The maximum Gasteiger partial charge on any atom is 0.416 e. The van der Waals surface area contributed by atoms with Gasteiger partial charge in [-0.15, -0.1) is 10.2 Å². The van der Waals surface area contributed by atoms with Gasteiger partial charge in [0.05, 0.1) is 11.6 Å². The van der Waals surface area contributed by atoms with E-state index in [0.29, 0.717) is 11.0 Å². The molecule has 2 atom stereocenters. The first-order valence-electron chi connectivity index (χ1n) is 10.4. The first kappa shape index (κ1) is 22.0. The summed E-state index contributed by atoms with van der Waals surface area (Å²) in [5.41, 5.74) is 4.29. The smallest absolute Gasteiger partial charge is 0.325 e. The maximum absolute atomic E-state index is 13.3. The van der Waals surface area contributed by atoms with Gasteiger partial charge >= 0.3 is 6.18 Å². The Balaban J connectivity index is 1.48. The van der Waals surface area contributed by atoms with Crippen molar-refractivity contribution in [1.82, 2.24) is 14.9 Å². The third-order valence-corrected chi connectivity index (χ3v) is 6.56. The topological polar surface area (TPSA) is 71.8 Å². The summed E-state index contributed by atoms with van der Waals surface area (Å²) in [5.74, 6) is 0.155. The molecule has 6 nitrogen and oxygen atoms in total. The number of nitrogens with one attached hydrogen (secondary N) is 2. The number of halogens is 3.